The predicted octanol–water partition coefficient (Wildman–Crippen LogP) is 3.62. The van der Waals surface area contributed by atoms with Crippen molar-refractivity contribution in [3.05, 3.63) is 35.4 Å². The molecule has 0 bridgehead atoms. The summed E-state index contributed by atoms with van der Waals surface area (Å²) in [5.74, 6) is 0.475. The van der Waals surface area contributed by atoms with Crippen LogP contribution in [0.5, 0.6) is 0 Å². The average molecular weight is 232 g/mol. The number of carbonyl (C=O) groups excluding carboxylic acids is 1. The Balaban J connectivity index is 2.21. The maximum Gasteiger partial charge on any atom is 0.313 e. The second-order valence-corrected chi connectivity index (χ2v) is 4.78. The molecule has 0 N–H and O–H groups in total. The Bertz CT molecular complexity index is 394. The zero-order chi connectivity index (χ0) is 12.3. The van der Waals surface area contributed by atoms with Crippen LogP contribution in [0.3, 0.4) is 0 Å². The van der Waals surface area contributed by atoms with Crippen LogP contribution < -0.4 is 0 Å². The van der Waals surface area contributed by atoms with Gasteiger partial charge in [-0.1, -0.05) is 37.6 Å². The minimum Gasteiger partial charge on any atom is -0.469 e. The topological polar surface area (TPSA) is 26.3 Å². The first-order valence-electron chi connectivity index (χ1n) is 6.44. The lowest BCUT2D eigenvalue weighted by Gasteiger charge is -2.26. The molecule has 2 rings (SSSR count). The van der Waals surface area contributed by atoms with Crippen molar-refractivity contribution in [3.8, 4) is 0 Å². The normalized spacial score (nSPS) is 17.3. The van der Waals surface area contributed by atoms with Crippen molar-refractivity contribution in [1.29, 1.82) is 0 Å². The molecular weight excluding hydrogens is 212 g/mol. The van der Waals surface area contributed by atoms with E-state index in [2.05, 4.69) is 18.2 Å². The van der Waals surface area contributed by atoms with Gasteiger partial charge in [-0.2, -0.15) is 0 Å². The number of carbonyl (C=O) groups is 1. The molecule has 0 aromatic heterocycles. The number of esters is 1. The van der Waals surface area contributed by atoms with Gasteiger partial charge in [-0.05, 0) is 36.3 Å². The summed E-state index contributed by atoms with van der Waals surface area (Å²) in [5.41, 5.74) is 2.49. The van der Waals surface area contributed by atoms with Crippen molar-refractivity contribution in [3.63, 3.8) is 0 Å². The molecule has 0 saturated heterocycles. The second-order valence-electron chi connectivity index (χ2n) is 4.78. The molecule has 2 heteroatoms. The van der Waals surface area contributed by atoms with Crippen LogP contribution in [0.15, 0.2) is 24.3 Å². The van der Waals surface area contributed by atoms with Crippen molar-refractivity contribution in [1.82, 2.24) is 0 Å². The van der Waals surface area contributed by atoms with Crippen LogP contribution in [-0.4, -0.2) is 13.1 Å². The van der Waals surface area contributed by atoms with Gasteiger partial charge in [0.15, 0.2) is 0 Å². The molecule has 1 unspecified atom stereocenters. The molecule has 0 spiro atoms. The third kappa shape index (κ3) is 2.51. The molecule has 2 nitrogen and oxygen atoms in total. The Kier molecular flexibility index (Phi) is 3.82. The fourth-order valence-corrected chi connectivity index (χ4v) is 2.45. The van der Waals surface area contributed by atoms with Gasteiger partial charge in [-0.3, -0.25) is 4.79 Å². The molecule has 92 valence electrons. The minimum atomic E-state index is -0.127. The van der Waals surface area contributed by atoms with Crippen LogP contribution in [0.1, 0.15) is 55.6 Å². The van der Waals surface area contributed by atoms with Crippen LogP contribution in [0.4, 0.5) is 0 Å². The molecule has 0 heterocycles. The smallest absolute Gasteiger partial charge is 0.313 e. The number of ether oxygens (including phenoxy) is 1. The zero-order valence-electron chi connectivity index (χ0n) is 10.6. The summed E-state index contributed by atoms with van der Waals surface area (Å²) in [6.45, 7) is 2.03. The van der Waals surface area contributed by atoms with Crippen molar-refractivity contribution < 1.29 is 9.53 Å². The summed E-state index contributed by atoms with van der Waals surface area (Å²) in [4.78, 5) is 11.7. The highest BCUT2D eigenvalue weighted by Crippen LogP contribution is 2.37. The third-order valence-corrected chi connectivity index (χ3v) is 3.78. The second kappa shape index (κ2) is 5.35. The molecule has 1 aromatic carbocycles. The van der Waals surface area contributed by atoms with Crippen LogP contribution >= 0.6 is 0 Å². The van der Waals surface area contributed by atoms with Gasteiger partial charge in [-0.25, -0.2) is 0 Å². The summed E-state index contributed by atoms with van der Waals surface area (Å²) >= 11 is 0. The van der Waals surface area contributed by atoms with Crippen molar-refractivity contribution in [2.24, 2.45) is 0 Å². The first kappa shape index (κ1) is 12.2. The SMILES string of the molecule is CCC(C(=O)OC)c1cccc(C2CCC2)c1. The lowest BCUT2D eigenvalue weighted by atomic mass is 9.79. The number of benzene rings is 1. The quantitative estimate of drug-likeness (QED) is 0.741. The van der Waals surface area contributed by atoms with E-state index in [1.165, 1.54) is 31.9 Å². The predicted molar refractivity (Wildman–Crippen MR) is 68.1 cm³/mol. The zero-order valence-corrected chi connectivity index (χ0v) is 10.6. The highest BCUT2D eigenvalue weighted by Gasteiger charge is 2.23. The van der Waals surface area contributed by atoms with Gasteiger partial charge in [-0.15, -0.1) is 0 Å². The number of hydrogen-bond donors (Lipinski definition) is 0. The molecule has 1 aromatic rings. The summed E-state index contributed by atoms with van der Waals surface area (Å²) in [7, 11) is 1.46. The van der Waals surface area contributed by atoms with Gasteiger partial charge in [0.1, 0.15) is 0 Å². The number of methoxy groups -OCH3 is 1. The Morgan fingerprint density at radius 3 is 2.76 bits per heavy atom. The number of rotatable bonds is 4. The Morgan fingerprint density at radius 1 is 1.47 bits per heavy atom. The first-order valence-corrected chi connectivity index (χ1v) is 6.44. The highest BCUT2D eigenvalue weighted by atomic mass is 16.5. The Morgan fingerprint density at radius 2 is 2.24 bits per heavy atom. The van der Waals surface area contributed by atoms with Gasteiger partial charge >= 0.3 is 5.97 Å². The fraction of sp³-hybridized carbons (Fsp3) is 0.533. The number of hydrogen-bond acceptors (Lipinski definition) is 2. The fourth-order valence-electron chi connectivity index (χ4n) is 2.45. The summed E-state index contributed by atoms with van der Waals surface area (Å²) in [6, 6.07) is 8.47. The summed E-state index contributed by atoms with van der Waals surface area (Å²) < 4.78 is 4.86. The van der Waals surface area contributed by atoms with Crippen LogP contribution in [0.25, 0.3) is 0 Å². The van der Waals surface area contributed by atoms with E-state index in [4.69, 9.17) is 4.74 Å². The maximum absolute atomic E-state index is 11.7. The molecule has 17 heavy (non-hydrogen) atoms. The minimum absolute atomic E-state index is 0.111. The summed E-state index contributed by atoms with van der Waals surface area (Å²) in [6.07, 6.45) is 4.71. The largest absolute Gasteiger partial charge is 0.469 e. The van der Waals surface area contributed by atoms with Gasteiger partial charge < -0.3 is 4.74 Å². The van der Waals surface area contributed by atoms with Crippen molar-refractivity contribution >= 4 is 5.97 Å². The van der Waals surface area contributed by atoms with Gasteiger partial charge in [0, 0.05) is 0 Å². The Labute approximate surface area is 103 Å². The monoisotopic (exact) mass is 232 g/mol. The molecule has 1 aliphatic rings. The first-order chi connectivity index (χ1) is 8.26. The van der Waals surface area contributed by atoms with Crippen LogP contribution in [-0.2, 0) is 9.53 Å². The van der Waals surface area contributed by atoms with Gasteiger partial charge in [0.2, 0.25) is 0 Å². The van der Waals surface area contributed by atoms with Gasteiger partial charge in [0.25, 0.3) is 0 Å². The molecule has 0 amide bonds. The van der Waals surface area contributed by atoms with E-state index in [0.29, 0.717) is 5.92 Å². The van der Waals surface area contributed by atoms with Crippen LogP contribution in [0.2, 0.25) is 0 Å². The van der Waals surface area contributed by atoms with Gasteiger partial charge in [0.05, 0.1) is 13.0 Å². The molecule has 1 fully saturated rings. The molecule has 0 aliphatic heterocycles. The van der Waals surface area contributed by atoms with E-state index in [1.54, 1.807) is 0 Å². The van der Waals surface area contributed by atoms with E-state index in [0.717, 1.165) is 12.0 Å². The van der Waals surface area contributed by atoms with E-state index in [1.807, 2.05) is 13.0 Å². The standard InChI is InChI=1S/C15H20O2/c1-3-14(15(16)17-2)13-9-5-8-12(10-13)11-6-4-7-11/h5,8-11,14H,3-4,6-7H2,1-2H3. The van der Waals surface area contributed by atoms with E-state index < -0.39 is 0 Å². The van der Waals surface area contributed by atoms with E-state index in [-0.39, 0.29) is 11.9 Å². The summed E-state index contributed by atoms with van der Waals surface area (Å²) in [5, 5.41) is 0. The van der Waals surface area contributed by atoms with E-state index >= 15 is 0 Å². The van der Waals surface area contributed by atoms with Crippen molar-refractivity contribution in [2.75, 3.05) is 7.11 Å². The molecule has 0 radical (unpaired) electrons. The molecule has 1 saturated carbocycles. The molecule has 1 aliphatic carbocycles. The highest BCUT2D eigenvalue weighted by molar-refractivity contribution is 5.78. The molecule has 1 atom stereocenters. The van der Waals surface area contributed by atoms with Crippen LogP contribution in [0, 0.1) is 0 Å². The van der Waals surface area contributed by atoms with E-state index in [9.17, 15) is 4.79 Å². The van der Waals surface area contributed by atoms with Crippen molar-refractivity contribution in [2.45, 2.75) is 44.4 Å². The third-order valence-electron chi connectivity index (χ3n) is 3.78. The molecular formula is C15H20O2. The average Bonchev–Trinajstić information content (AvgIpc) is 2.28. The lowest BCUT2D eigenvalue weighted by molar-refractivity contribution is -0.142. The Hall–Kier alpha value is -1.31. The lowest BCUT2D eigenvalue weighted by Crippen LogP contribution is -2.15. The maximum atomic E-state index is 11.7.